The minimum atomic E-state index is -0.362. The number of aromatic nitrogens is 3. The van der Waals surface area contributed by atoms with Gasteiger partial charge in [-0.1, -0.05) is 6.92 Å². The normalized spacial score (nSPS) is 10.4. The molecule has 6 nitrogen and oxygen atoms in total. The van der Waals surface area contributed by atoms with Crippen molar-refractivity contribution in [2.75, 3.05) is 5.32 Å². The molecule has 0 saturated carbocycles. The number of nitrogens with zero attached hydrogens (tertiary/aromatic N) is 3. The summed E-state index contributed by atoms with van der Waals surface area (Å²) in [6, 6.07) is 2.77. The first-order chi connectivity index (χ1) is 9.10. The van der Waals surface area contributed by atoms with Gasteiger partial charge in [-0.15, -0.1) is 11.3 Å². The Morgan fingerprint density at radius 2 is 2.26 bits per heavy atom. The fourth-order valence-corrected chi connectivity index (χ4v) is 2.18. The van der Waals surface area contributed by atoms with Gasteiger partial charge in [-0.05, 0) is 19.4 Å². The number of thiazole rings is 1. The van der Waals surface area contributed by atoms with Gasteiger partial charge in [-0.2, -0.15) is 5.10 Å². The summed E-state index contributed by atoms with van der Waals surface area (Å²) in [4.78, 5) is 28.5. The maximum atomic E-state index is 12.0. The van der Waals surface area contributed by atoms with Crippen molar-refractivity contribution in [3.05, 3.63) is 39.3 Å². The summed E-state index contributed by atoms with van der Waals surface area (Å²) in [5.41, 5.74) is 0.00407. The molecule has 1 N–H and O–H groups in total. The Hall–Kier alpha value is -2.02. The van der Waals surface area contributed by atoms with Crippen LogP contribution >= 0.6 is 11.3 Å². The van der Waals surface area contributed by atoms with Crippen LogP contribution in [-0.2, 0) is 6.54 Å². The Balaban J connectivity index is 2.19. The van der Waals surface area contributed by atoms with Crippen LogP contribution in [0.2, 0.25) is 0 Å². The second kappa shape index (κ2) is 5.75. The van der Waals surface area contributed by atoms with E-state index in [0.29, 0.717) is 11.7 Å². The van der Waals surface area contributed by atoms with E-state index in [9.17, 15) is 9.59 Å². The maximum Gasteiger partial charge on any atom is 0.277 e. The number of hydrogen-bond acceptors (Lipinski definition) is 5. The predicted molar refractivity (Wildman–Crippen MR) is 73.6 cm³/mol. The molecular weight excluding hydrogens is 264 g/mol. The lowest BCUT2D eigenvalue weighted by molar-refractivity contribution is 0.101. The van der Waals surface area contributed by atoms with Gasteiger partial charge in [0.1, 0.15) is 5.69 Å². The van der Waals surface area contributed by atoms with Crippen molar-refractivity contribution in [2.24, 2.45) is 0 Å². The summed E-state index contributed by atoms with van der Waals surface area (Å²) in [5.74, 6) is -0.362. The largest absolute Gasteiger partial charge is 0.296 e. The Labute approximate surface area is 114 Å². The van der Waals surface area contributed by atoms with E-state index in [2.05, 4.69) is 15.4 Å². The molecule has 7 heteroatoms. The van der Waals surface area contributed by atoms with Gasteiger partial charge in [-0.3, -0.25) is 14.9 Å². The van der Waals surface area contributed by atoms with E-state index in [0.717, 1.165) is 11.3 Å². The maximum absolute atomic E-state index is 12.0. The Morgan fingerprint density at radius 1 is 1.47 bits per heavy atom. The molecule has 0 aliphatic carbocycles. The molecule has 0 atom stereocenters. The summed E-state index contributed by atoms with van der Waals surface area (Å²) in [7, 11) is 0. The van der Waals surface area contributed by atoms with Crippen LogP contribution in [0.25, 0.3) is 0 Å². The smallest absolute Gasteiger partial charge is 0.277 e. The van der Waals surface area contributed by atoms with Crippen molar-refractivity contribution in [1.82, 2.24) is 14.8 Å². The van der Waals surface area contributed by atoms with Crippen LogP contribution in [-0.4, -0.2) is 20.7 Å². The number of carbonyl (C=O) groups excluding carboxylic acids is 1. The van der Waals surface area contributed by atoms with E-state index < -0.39 is 0 Å². The zero-order valence-corrected chi connectivity index (χ0v) is 11.5. The highest BCUT2D eigenvalue weighted by Crippen LogP contribution is 2.16. The molecule has 0 radical (unpaired) electrons. The Morgan fingerprint density at radius 3 is 2.89 bits per heavy atom. The zero-order valence-electron chi connectivity index (χ0n) is 10.7. The fraction of sp³-hybridized carbons (Fsp3) is 0.333. The molecule has 0 unspecified atom stereocenters. The Bertz CT molecular complexity index is 647. The molecule has 0 aliphatic heterocycles. The van der Waals surface area contributed by atoms with Crippen LogP contribution in [0, 0.1) is 6.92 Å². The lowest BCUT2D eigenvalue weighted by Gasteiger charge is -2.05. The molecule has 0 spiro atoms. The first kappa shape index (κ1) is 13.4. The number of hydrogen-bond donors (Lipinski definition) is 1. The van der Waals surface area contributed by atoms with E-state index in [4.69, 9.17) is 0 Å². The number of nitrogens with one attached hydrogen (secondary N) is 1. The second-order valence-electron chi connectivity index (χ2n) is 4.01. The van der Waals surface area contributed by atoms with E-state index >= 15 is 0 Å². The quantitative estimate of drug-likeness (QED) is 0.923. The van der Waals surface area contributed by atoms with Crippen LogP contribution in [0.5, 0.6) is 0 Å². The van der Waals surface area contributed by atoms with E-state index in [1.165, 1.54) is 28.2 Å². The third-order valence-corrected chi connectivity index (χ3v) is 3.20. The highest BCUT2D eigenvalue weighted by Gasteiger charge is 2.11. The first-order valence-corrected chi connectivity index (χ1v) is 6.73. The highest BCUT2D eigenvalue weighted by molar-refractivity contribution is 7.15. The number of anilines is 1. The average molecular weight is 278 g/mol. The fourth-order valence-electron chi connectivity index (χ4n) is 1.52. The molecule has 0 aromatic carbocycles. The molecule has 19 heavy (non-hydrogen) atoms. The van der Waals surface area contributed by atoms with Crippen molar-refractivity contribution < 1.29 is 4.79 Å². The number of carbonyl (C=O) groups is 1. The molecular formula is C12H14N4O2S. The summed E-state index contributed by atoms with van der Waals surface area (Å²) in [6.07, 6.45) is 2.47. The van der Waals surface area contributed by atoms with Crippen LogP contribution < -0.4 is 10.9 Å². The van der Waals surface area contributed by atoms with Crippen molar-refractivity contribution in [1.29, 1.82) is 0 Å². The topological polar surface area (TPSA) is 76.9 Å². The van der Waals surface area contributed by atoms with Crippen LogP contribution in [0.1, 0.15) is 28.7 Å². The molecule has 2 aromatic rings. The van der Waals surface area contributed by atoms with Gasteiger partial charge >= 0.3 is 0 Å². The zero-order chi connectivity index (χ0) is 13.8. The van der Waals surface area contributed by atoms with Gasteiger partial charge in [0.2, 0.25) is 0 Å². The second-order valence-corrected chi connectivity index (χ2v) is 5.24. The van der Waals surface area contributed by atoms with Gasteiger partial charge in [0, 0.05) is 23.7 Å². The Kier molecular flexibility index (Phi) is 4.06. The SMILES string of the molecule is CCCn1nc(C(=O)Nc2ncc(C)s2)ccc1=O. The third kappa shape index (κ3) is 3.25. The molecule has 0 aliphatic rings. The number of amides is 1. The van der Waals surface area contributed by atoms with Crippen LogP contribution in [0.15, 0.2) is 23.1 Å². The molecule has 1 amide bonds. The lowest BCUT2D eigenvalue weighted by atomic mass is 10.3. The average Bonchev–Trinajstić information content (AvgIpc) is 2.77. The monoisotopic (exact) mass is 278 g/mol. The standard InChI is InChI=1S/C12H14N4O2S/c1-3-6-16-10(17)5-4-9(15-16)11(18)14-12-13-7-8(2)19-12/h4-5,7H,3,6H2,1-2H3,(H,13,14,18). The van der Waals surface area contributed by atoms with Crippen LogP contribution in [0.4, 0.5) is 5.13 Å². The summed E-state index contributed by atoms with van der Waals surface area (Å²) >= 11 is 1.39. The summed E-state index contributed by atoms with van der Waals surface area (Å²) in [5, 5.41) is 7.22. The molecule has 2 heterocycles. The van der Waals surface area contributed by atoms with E-state index in [1.807, 2.05) is 13.8 Å². The molecule has 0 fully saturated rings. The minimum absolute atomic E-state index is 0.205. The van der Waals surface area contributed by atoms with E-state index in [-0.39, 0.29) is 17.2 Å². The van der Waals surface area contributed by atoms with Crippen molar-refractivity contribution in [3.63, 3.8) is 0 Å². The van der Waals surface area contributed by atoms with Crippen molar-refractivity contribution in [2.45, 2.75) is 26.8 Å². The molecule has 100 valence electrons. The van der Waals surface area contributed by atoms with Gasteiger partial charge in [0.15, 0.2) is 5.13 Å². The minimum Gasteiger partial charge on any atom is -0.296 e. The lowest BCUT2D eigenvalue weighted by Crippen LogP contribution is -2.26. The van der Waals surface area contributed by atoms with Crippen molar-refractivity contribution >= 4 is 22.4 Å². The third-order valence-electron chi connectivity index (χ3n) is 2.38. The van der Waals surface area contributed by atoms with Gasteiger partial charge in [0.25, 0.3) is 11.5 Å². The van der Waals surface area contributed by atoms with E-state index in [1.54, 1.807) is 6.20 Å². The molecule has 2 aromatic heterocycles. The van der Waals surface area contributed by atoms with Crippen LogP contribution in [0.3, 0.4) is 0 Å². The predicted octanol–water partition coefficient (Wildman–Crippen LogP) is 1.67. The van der Waals surface area contributed by atoms with Gasteiger partial charge in [0.05, 0.1) is 0 Å². The first-order valence-electron chi connectivity index (χ1n) is 5.92. The molecule has 2 rings (SSSR count). The molecule has 0 bridgehead atoms. The van der Waals surface area contributed by atoms with Gasteiger partial charge in [-0.25, -0.2) is 9.67 Å². The summed E-state index contributed by atoms with van der Waals surface area (Å²) < 4.78 is 1.29. The summed E-state index contributed by atoms with van der Waals surface area (Å²) in [6.45, 7) is 4.35. The number of aryl methyl sites for hydroxylation is 2. The van der Waals surface area contributed by atoms with Gasteiger partial charge < -0.3 is 0 Å². The molecule has 0 saturated heterocycles. The van der Waals surface area contributed by atoms with Crippen molar-refractivity contribution in [3.8, 4) is 0 Å². The highest BCUT2D eigenvalue weighted by atomic mass is 32.1. The number of rotatable bonds is 4.